The summed E-state index contributed by atoms with van der Waals surface area (Å²) in [5.41, 5.74) is 0. The molecule has 3 nitrogen and oxygen atoms in total. The fourth-order valence-electron chi connectivity index (χ4n) is 1.64. The first-order valence-electron chi connectivity index (χ1n) is 6.90. The molecular weight excluding hydrogens is 212 g/mol. The van der Waals surface area contributed by atoms with E-state index < -0.39 is 0 Å². The molecule has 0 aliphatic carbocycles. The van der Waals surface area contributed by atoms with Crippen molar-refractivity contribution < 1.29 is 9.28 Å². The second kappa shape index (κ2) is 7.70. The summed E-state index contributed by atoms with van der Waals surface area (Å²) in [6.45, 7) is 11.4. The molecule has 0 aliphatic heterocycles. The maximum Gasteiger partial charge on any atom is 0.223 e. The number of nitrogens with one attached hydrogen (secondary N) is 1. The number of carbonyl (C=O) groups excluding carboxylic acids is 1. The van der Waals surface area contributed by atoms with Crippen LogP contribution in [-0.4, -0.2) is 44.1 Å². The lowest BCUT2D eigenvalue weighted by Crippen LogP contribution is -2.46. The number of hydrogen-bond donors (Lipinski definition) is 1. The van der Waals surface area contributed by atoms with E-state index in [4.69, 9.17) is 0 Å². The quantitative estimate of drug-likeness (QED) is 0.651. The molecule has 0 aromatic heterocycles. The van der Waals surface area contributed by atoms with Crippen LogP contribution in [0.3, 0.4) is 0 Å². The number of unbranched alkanes of at least 4 members (excludes halogenated alkanes) is 1. The lowest BCUT2D eigenvalue weighted by atomic mass is 9.97. The molecule has 0 fully saturated rings. The van der Waals surface area contributed by atoms with E-state index in [-0.39, 0.29) is 11.8 Å². The molecule has 0 bridgehead atoms. The Bertz CT molecular complexity index is 224. The average molecular weight is 243 g/mol. The van der Waals surface area contributed by atoms with E-state index >= 15 is 0 Å². The van der Waals surface area contributed by atoms with Crippen LogP contribution in [0.1, 0.15) is 40.5 Å². The molecule has 0 saturated heterocycles. The van der Waals surface area contributed by atoms with Crippen LogP contribution in [0, 0.1) is 11.8 Å². The van der Waals surface area contributed by atoms with E-state index in [0.717, 1.165) is 17.6 Å². The van der Waals surface area contributed by atoms with Gasteiger partial charge in [0.15, 0.2) is 0 Å². The molecule has 0 aromatic rings. The standard InChI is InChI=1S/C14H30N2O/c1-7-8-10-16(5,6)11-9-15-14(17)13(4)12(2)3/h12-13H,7-11H2,1-6H3/p+1. The highest BCUT2D eigenvalue weighted by molar-refractivity contribution is 5.78. The largest absolute Gasteiger partial charge is 0.350 e. The van der Waals surface area contributed by atoms with E-state index in [9.17, 15) is 4.79 Å². The van der Waals surface area contributed by atoms with Crippen LogP contribution in [0.4, 0.5) is 0 Å². The van der Waals surface area contributed by atoms with Gasteiger partial charge < -0.3 is 9.80 Å². The maximum absolute atomic E-state index is 11.8. The SMILES string of the molecule is CCCC[N+](C)(C)CCNC(=O)C(C)C(C)C. The van der Waals surface area contributed by atoms with Gasteiger partial charge in [0.2, 0.25) is 5.91 Å². The predicted molar refractivity (Wildman–Crippen MR) is 73.8 cm³/mol. The summed E-state index contributed by atoms with van der Waals surface area (Å²) in [6.07, 6.45) is 2.49. The monoisotopic (exact) mass is 243 g/mol. The van der Waals surface area contributed by atoms with Crippen LogP contribution in [0.2, 0.25) is 0 Å². The van der Waals surface area contributed by atoms with Gasteiger partial charge >= 0.3 is 0 Å². The molecule has 0 spiro atoms. The van der Waals surface area contributed by atoms with Gasteiger partial charge in [0.05, 0.1) is 33.7 Å². The molecule has 0 heterocycles. The number of rotatable bonds is 8. The highest BCUT2D eigenvalue weighted by Crippen LogP contribution is 2.09. The number of quaternary nitrogens is 1. The first-order valence-corrected chi connectivity index (χ1v) is 6.90. The minimum absolute atomic E-state index is 0.112. The van der Waals surface area contributed by atoms with Gasteiger partial charge in [-0.2, -0.15) is 0 Å². The number of amides is 1. The van der Waals surface area contributed by atoms with Crippen molar-refractivity contribution >= 4 is 5.91 Å². The van der Waals surface area contributed by atoms with E-state index in [2.05, 4.69) is 40.2 Å². The van der Waals surface area contributed by atoms with Crippen molar-refractivity contribution in [3.05, 3.63) is 0 Å². The molecular formula is C14H31N2O+. The van der Waals surface area contributed by atoms with E-state index in [0.29, 0.717) is 5.92 Å². The fraction of sp³-hybridized carbons (Fsp3) is 0.929. The zero-order chi connectivity index (χ0) is 13.5. The topological polar surface area (TPSA) is 29.1 Å². The normalized spacial score (nSPS) is 13.8. The van der Waals surface area contributed by atoms with Crippen molar-refractivity contribution in [2.24, 2.45) is 11.8 Å². The molecule has 0 radical (unpaired) electrons. The van der Waals surface area contributed by atoms with Crippen molar-refractivity contribution in [3.63, 3.8) is 0 Å². The third-order valence-corrected chi connectivity index (χ3v) is 3.55. The lowest BCUT2D eigenvalue weighted by Gasteiger charge is -2.30. The molecule has 0 saturated carbocycles. The Morgan fingerprint density at radius 1 is 1.18 bits per heavy atom. The second-order valence-corrected chi connectivity index (χ2v) is 6.06. The predicted octanol–water partition coefficient (Wildman–Crippen LogP) is 2.27. The number of likely N-dealkylation sites (N-methyl/N-ethyl adjacent to an activating group) is 1. The first-order chi connectivity index (χ1) is 7.80. The van der Waals surface area contributed by atoms with Gasteiger partial charge in [-0.1, -0.05) is 34.1 Å². The Labute approximate surface area is 107 Å². The van der Waals surface area contributed by atoms with Crippen LogP contribution in [0.5, 0.6) is 0 Å². The molecule has 1 amide bonds. The maximum atomic E-state index is 11.8. The summed E-state index contributed by atoms with van der Waals surface area (Å²) >= 11 is 0. The van der Waals surface area contributed by atoms with Crippen LogP contribution in [0.25, 0.3) is 0 Å². The zero-order valence-electron chi connectivity index (χ0n) is 12.5. The molecule has 1 unspecified atom stereocenters. The minimum atomic E-state index is 0.112. The van der Waals surface area contributed by atoms with Gasteiger partial charge in [-0.3, -0.25) is 4.79 Å². The Balaban J connectivity index is 3.86. The molecule has 3 heteroatoms. The van der Waals surface area contributed by atoms with Gasteiger partial charge in [0, 0.05) is 5.92 Å². The molecule has 1 N–H and O–H groups in total. The van der Waals surface area contributed by atoms with Gasteiger partial charge in [0.1, 0.15) is 0 Å². The van der Waals surface area contributed by atoms with Gasteiger partial charge in [0.25, 0.3) is 0 Å². The number of nitrogens with zero attached hydrogens (tertiary/aromatic N) is 1. The third kappa shape index (κ3) is 7.37. The lowest BCUT2D eigenvalue weighted by molar-refractivity contribution is -0.889. The highest BCUT2D eigenvalue weighted by Gasteiger charge is 2.18. The Morgan fingerprint density at radius 3 is 2.24 bits per heavy atom. The zero-order valence-corrected chi connectivity index (χ0v) is 12.5. The average Bonchev–Trinajstić information content (AvgIpc) is 2.24. The summed E-state index contributed by atoms with van der Waals surface area (Å²) in [7, 11) is 4.46. The van der Waals surface area contributed by atoms with Crippen LogP contribution >= 0.6 is 0 Å². The molecule has 0 rings (SSSR count). The fourth-order valence-corrected chi connectivity index (χ4v) is 1.64. The van der Waals surface area contributed by atoms with Crippen LogP contribution in [-0.2, 0) is 4.79 Å². The summed E-state index contributed by atoms with van der Waals surface area (Å²) in [4.78, 5) is 11.8. The van der Waals surface area contributed by atoms with Crippen molar-refractivity contribution in [2.45, 2.75) is 40.5 Å². The Hall–Kier alpha value is -0.570. The number of hydrogen-bond acceptors (Lipinski definition) is 1. The second-order valence-electron chi connectivity index (χ2n) is 6.06. The highest BCUT2D eigenvalue weighted by atomic mass is 16.1. The smallest absolute Gasteiger partial charge is 0.223 e. The minimum Gasteiger partial charge on any atom is -0.350 e. The van der Waals surface area contributed by atoms with Crippen molar-refractivity contribution in [2.75, 3.05) is 33.7 Å². The summed E-state index contributed by atoms with van der Waals surface area (Å²) in [6, 6.07) is 0. The molecule has 102 valence electrons. The van der Waals surface area contributed by atoms with Gasteiger partial charge in [-0.25, -0.2) is 0 Å². The van der Waals surface area contributed by atoms with E-state index in [1.165, 1.54) is 19.4 Å². The third-order valence-electron chi connectivity index (χ3n) is 3.55. The summed E-state index contributed by atoms with van der Waals surface area (Å²) in [5.74, 6) is 0.717. The molecule has 0 aliphatic rings. The Morgan fingerprint density at radius 2 is 1.76 bits per heavy atom. The van der Waals surface area contributed by atoms with Crippen molar-refractivity contribution in [1.82, 2.24) is 5.32 Å². The van der Waals surface area contributed by atoms with E-state index in [1.807, 2.05) is 6.92 Å². The van der Waals surface area contributed by atoms with Crippen molar-refractivity contribution in [3.8, 4) is 0 Å². The van der Waals surface area contributed by atoms with Crippen molar-refractivity contribution in [1.29, 1.82) is 0 Å². The van der Waals surface area contributed by atoms with Crippen LogP contribution < -0.4 is 5.32 Å². The summed E-state index contributed by atoms with van der Waals surface area (Å²) < 4.78 is 0.990. The van der Waals surface area contributed by atoms with E-state index in [1.54, 1.807) is 0 Å². The molecule has 0 aromatic carbocycles. The van der Waals surface area contributed by atoms with Gasteiger partial charge in [-0.15, -0.1) is 0 Å². The molecule has 17 heavy (non-hydrogen) atoms. The first kappa shape index (κ1) is 16.4. The Kier molecular flexibility index (Phi) is 7.44. The van der Waals surface area contributed by atoms with Crippen LogP contribution in [0.15, 0.2) is 0 Å². The number of carbonyl (C=O) groups is 1. The molecule has 1 atom stereocenters. The summed E-state index contributed by atoms with van der Waals surface area (Å²) in [5, 5.41) is 3.04. The van der Waals surface area contributed by atoms with Gasteiger partial charge in [-0.05, 0) is 12.3 Å².